The number of aromatic hydroxyl groups is 1. The fraction of sp³-hybridized carbons (Fsp3) is 0.562. The largest absolute Gasteiger partial charge is 0.507 e. The Morgan fingerprint density at radius 1 is 1.00 bits per heavy atom. The highest BCUT2D eigenvalue weighted by atomic mass is 32.2. The van der Waals surface area contributed by atoms with Crippen molar-refractivity contribution in [2.45, 2.75) is 64.2 Å². The minimum Gasteiger partial charge on any atom is -0.507 e. The molecule has 0 aliphatic carbocycles. The first-order chi connectivity index (χ1) is 8.43. The van der Waals surface area contributed by atoms with E-state index in [1.165, 1.54) is 11.8 Å². The lowest BCUT2D eigenvalue weighted by atomic mass is 9.79. The molecule has 0 radical (unpaired) electrons. The van der Waals surface area contributed by atoms with Crippen LogP contribution in [-0.4, -0.2) is 10.2 Å². The minimum absolute atomic E-state index is 0.0606. The van der Waals surface area contributed by atoms with Crippen LogP contribution < -0.4 is 0 Å². The molecule has 1 N–H and O–H groups in total. The van der Waals surface area contributed by atoms with Crippen molar-refractivity contribution in [1.29, 1.82) is 0 Å². The molecule has 1 aromatic rings. The molecule has 2 nitrogen and oxygen atoms in total. The van der Waals surface area contributed by atoms with E-state index in [1.807, 2.05) is 12.1 Å². The van der Waals surface area contributed by atoms with E-state index in [0.717, 1.165) is 16.0 Å². The van der Waals surface area contributed by atoms with E-state index in [1.54, 1.807) is 6.92 Å². The first-order valence-electron chi connectivity index (χ1n) is 6.49. The van der Waals surface area contributed by atoms with Crippen molar-refractivity contribution in [1.82, 2.24) is 0 Å². The summed E-state index contributed by atoms with van der Waals surface area (Å²) in [7, 11) is 0. The van der Waals surface area contributed by atoms with Crippen LogP contribution in [-0.2, 0) is 15.6 Å². The summed E-state index contributed by atoms with van der Waals surface area (Å²) in [6, 6.07) is 3.85. The Hall–Kier alpha value is -0.960. The van der Waals surface area contributed by atoms with E-state index in [2.05, 4.69) is 41.5 Å². The van der Waals surface area contributed by atoms with Crippen LogP contribution in [0.3, 0.4) is 0 Å². The van der Waals surface area contributed by atoms with E-state index < -0.39 is 0 Å². The molecular formula is C16H24O2S. The fourth-order valence-corrected chi connectivity index (χ4v) is 2.66. The maximum absolute atomic E-state index is 11.3. The van der Waals surface area contributed by atoms with Gasteiger partial charge in [0.2, 0.25) is 0 Å². The maximum atomic E-state index is 11.3. The minimum atomic E-state index is -0.155. The number of carbonyl (C=O) groups excluding carboxylic acids is 1. The molecule has 3 heteroatoms. The standard InChI is InChI=1S/C16H24O2S/c1-10(17)19-11-8-12(15(2,3)4)14(18)13(9-11)16(5,6)7/h8-9,18H,1-7H3. The number of phenolic OH excluding ortho intramolecular Hbond substituents is 1. The van der Waals surface area contributed by atoms with Crippen molar-refractivity contribution in [2.24, 2.45) is 0 Å². The third kappa shape index (κ3) is 4.00. The van der Waals surface area contributed by atoms with Crippen molar-refractivity contribution >= 4 is 16.9 Å². The van der Waals surface area contributed by atoms with Gasteiger partial charge in [0.25, 0.3) is 0 Å². The molecule has 0 aliphatic rings. The van der Waals surface area contributed by atoms with Gasteiger partial charge in [-0.2, -0.15) is 0 Å². The zero-order valence-electron chi connectivity index (χ0n) is 12.9. The molecule has 0 saturated carbocycles. The highest BCUT2D eigenvalue weighted by Gasteiger charge is 2.26. The van der Waals surface area contributed by atoms with Gasteiger partial charge in [-0.05, 0) is 23.0 Å². The molecule has 0 amide bonds. The molecule has 1 aromatic carbocycles. The van der Waals surface area contributed by atoms with Gasteiger partial charge in [0.05, 0.1) is 0 Å². The van der Waals surface area contributed by atoms with Crippen LogP contribution in [0.15, 0.2) is 17.0 Å². The summed E-state index contributed by atoms with van der Waals surface area (Å²) >= 11 is 1.22. The van der Waals surface area contributed by atoms with Crippen molar-refractivity contribution in [3.05, 3.63) is 23.3 Å². The average Bonchev–Trinajstić information content (AvgIpc) is 2.16. The predicted molar refractivity (Wildman–Crippen MR) is 82.0 cm³/mol. The second-order valence-electron chi connectivity index (χ2n) is 6.96. The highest BCUT2D eigenvalue weighted by Crippen LogP contribution is 2.41. The van der Waals surface area contributed by atoms with Crippen molar-refractivity contribution in [2.75, 3.05) is 0 Å². The van der Waals surface area contributed by atoms with E-state index in [0.29, 0.717) is 5.75 Å². The number of phenols is 1. The molecular weight excluding hydrogens is 256 g/mol. The van der Waals surface area contributed by atoms with Crippen molar-refractivity contribution < 1.29 is 9.90 Å². The Kier molecular flexibility index (Phi) is 4.40. The number of hydrogen-bond acceptors (Lipinski definition) is 3. The number of rotatable bonds is 1. The monoisotopic (exact) mass is 280 g/mol. The Morgan fingerprint density at radius 3 is 1.63 bits per heavy atom. The van der Waals surface area contributed by atoms with Gasteiger partial charge < -0.3 is 5.11 Å². The Labute approximate surface area is 120 Å². The van der Waals surface area contributed by atoms with Gasteiger partial charge in [-0.25, -0.2) is 0 Å². The molecule has 1 rings (SSSR count). The molecule has 0 atom stereocenters. The maximum Gasteiger partial charge on any atom is 0.190 e. The summed E-state index contributed by atoms with van der Waals surface area (Å²) in [5.74, 6) is 0.355. The normalized spacial score (nSPS) is 12.6. The molecule has 0 spiro atoms. The van der Waals surface area contributed by atoms with Crippen LogP contribution in [0.5, 0.6) is 5.75 Å². The predicted octanol–water partition coefficient (Wildman–Crippen LogP) is 4.63. The van der Waals surface area contributed by atoms with Gasteiger partial charge in [-0.3, -0.25) is 4.79 Å². The molecule has 106 valence electrons. The lowest BCUT2D eigenvalue weighted by molar-refractivity contribution is -0.109. The number of carbonyl (C=O) groups is 1. The van der Waals surface area contributed by atoms with Crippen LogP contribution in [0.2, 0.25) is 0 Å². The summed E-state index contributed by atoms with van der Waals surface area (Å²) in [5.41, 5.74) is 1.47. The van der Waals surface area contributed by atoms with Crippen molar-refractivity contribution in [3.8, 4) is 5.75 Å². The zero-order valence-corrected chi connectivity index (χ0v) is 13.7. The van der Waals surface area contributed by atoms with Crippen LogP contribution in [0, 0.1) is 0 Å². The summed E-state index contributed by atoms with van der Waals surface area (Å²) in [5, 5.41) is 10.6. The summed E-state index contributed by atoms with van der Waals surface area (Å²) in [4.78, 5) is 12.2. The molecule has 0 heterocycles. The molecule has 0 saturated heterocycles. The molecule has 0 unspecified atom stereocenters. The molecule has 0 bridgehead atoms. The van der Waals surface area contributed by atoms with E-state index in [9.17, 15) is 9.90 Å². The number of thioether (sulfide) groups is 1. The highest BCUT2D eigenvalue weighted by molar-refractivity contribution is 8.13. The second kappa shape index (κ2) is 5.20. The van der Waals surface area contributed by atoms with Gasteiger partial charge >= 0.3 is 0 Å². The van der Waals surface area contributed by atoms with E-state index in [4.69, 9.17) is 0 Å². The first-order valence-corrected chi connectivity index (χ1v) is 7.31. The topological polar surface area (TPSA) is 37.3 Å². The van der Waals surface area contributed by atoms with E-state index in [-0.39, 0.29) is 15.9 Å². The Bertz CT molecular complexity index is 455. The summed E-state index contributed by atoms with van der Waals surface area (Å²) in [6.07, 6.45) is 0. The van der Waals surface area contributed by atoms with Crippen LogP contribution in [0.25, 0.3) is 0 Å². The third-order valence-corrected chi connectivity index (χ3v) is 3.72. The van der Waals surface area contributed by atoms with Gasteiger partial charge in [-0.15, -0.1) is 0 Å². The van der Waals surface area contributed by atoms with Gasteiger partial charge in [0.15, 0.2) is 5.12 Å². The number of hydrogen-bond donors (Lipinski definition) is 1. The number of benzene rings is 1. The zero-order chi connectivity index (χ0) is 15.0. The van der Waals surface area contributed by atoms with Gasteiger partial charge in [0, 0.05) is 22.9 Å². The molecule has 0 fully saturated rings. The lowest BCUT2D eigenvalue weighted by Crippen LogP contribution is -2.17. The first kappa shape index (κ1) is 16.1. The van der Waals surface area contributed by atoms with Crippen LogP contribution in [0.4, 0.5) is 0 Å². The van der Waals surface area contributed by atoms with Crippen molar-refractivity contribution in [3.63, 3.8) is 0 Å². The average molecular weight is 280 g/mol. The van der Waals surface area contributed by atoms with Crippen LogP contribution >= 0.6 is 11.8 Å². The summed E-state index contributed by atoms with van der Waals surface area (Å²) in [6.45, 7) is 14.0. The SMILES string of the molecule is CC(=O)Sc1cc(C(C)(C)C)c(O)c(C(C)(C)C)c1. The van der Waals surface area contributed by atoms with Gasteiger partial charge in [0.1, 0.15) is 5.75 Å². The third-order valence-electron chi connectivity index (χ3n) is 2.96. The molecule has 0 aromatic heterocycles. The molecule has 0 aliphatic heterocycles. The van der Waals surface area contributed by atoms with Crippen LogP contribution in [0.1, 0.15) is 59.6 Å². The molecule has 19 heavy (non-hydrogen) atoms. The summed E-state index contributed by atoms with van der Waals surface area (Å²) < 4.78 is 0. The fourth-order valence-electron chi connectivity index (χ4n) is 1.98. The quantitative estimate of drug-likeness (QED) is 0.762. The lowest BCUT2D eigenvalue weighted by Gasteiger charge is -2.28. The smallest absolute Gasteiger partial charge is 0.190 e. The Morgan fingerprint density at radius 2 is 1.37 bits per heavy atom. The second-order valence-corrected chi connectivity index (χ2v) is 8.21. The van der Waals surface area contributed by atoms with Gasteiger partial charge in [-0.1, -0.05) is 53.3 Å². The van der Waals surface area contributed by atoms with E-state index >= 15 is 0 Å². The Balaban J connectivity index is 3.52.